The minimum absolute atomic E-state index is 0.0540. The summed E-state index contributed by atoms with van der Waals surface area (Å²) in [6, 6.07) is 9.49. The smallest absolute Gasteiger partial charge is 0.266 e. The molecule has 0 saturated heterocycles. The van der Waals surface area contributed by atoms with Gasteiger partial charge in [0.25, 0.3) is 5.91 Å². The maximum absolute atomic E-state index is 12.7. The molecule has 1 heterocycles. The molecule has 5 nitrogen and oxygen atoms in total. The number of aryl methyl sites for hydroxylation is 1. The van der Waals surface area contributed by atoms with Gasteiger partial charge in [-0.15, -0.1) is 11.3 Å². The van der Waals surface area contributed by atoms with Crippen LogP contribution in [-0.4, -0.2) is 13.0 Å². The van der Waals surface area contributed by atoms with E-state index in [1.54, 1.807) is 12.1 Å². The summed E-state index contributed by atoms with van der Waals surface area (Å²) in [4.78, 5) is 13.8. The van der Waals surface area contributed by atoms with Crippen LogP contribution in [0, 0.1) is 22.7 Å². The number of rotatable bonds is 4. The Labute approximate surface area is 170 Å². The molecule has 0 unspecified atom stereocenters. The van der Waals surface area contributed by atoms with Crippen molar-refractivity contribution in [2.45, 2.75) is 25.7 Å². The van der Waals surface area contributed by atoms with Crippen LogP contribution in [0.4, 0.5) is 5.00 Å². The number of nitrogens with one attached hydrogen (secondary N) is 1. The van der Waals surface area contributed by atoms with E-state index in [1.165, 1.54) is 24.5 Å². The van der Waals surface area contributed by atoms with E-state index in [1.807, 2.05) is 12.1 Å². The Morgan fingerprint density at radius 2 is 2.11 bits per heavy atom. The topological polar surface area (TPSA) is 85.9 Å². The lowest BCUT2D eigenvalue weighted by molar-refractivity contribution is -0.112. The van der Waals surface area contributed by atoms with Gasteiger partial charge in [-0.3, -0.25) is 4.79 Å². The SMILES string of the molecule is COc1ccc(Br)cc1C=C(C#N)C(=O)Nc1sc2c(c1C#N)CCCC2. The van der Waals surface area contributed by atoms with Gasteiger partial charge >= 0.3 is 0 Å². The van der Waals surface area contributed by atoms with Gasteiger partial charge in [0.2, 0.25) is 0 Å². The predicted octanol–water partition coefficient (Wildman–Crippen LogP) is 4.82. The summed E-state index contributed by atoms with van der Waals surface area (Å²) < 4.78 is 6.10. The maximum Gasteiger partial charge on any atom is 0.266 e. The van der Waals surface area contributed by atoms with E-state index in [0.717, 1.165) is 40.6 Å². The first-order valence-electron chi connectivity index (χ1n) is 8.38. The maximum atomic E-state index is 12.7. The lowest BCUT2D eigenvalue weighted by Gasteiger charge is -2.09. The molecule has 1 aromatic heterocycles. The quantitative estimate of drug-likeness (QED) is 0.544. The van der Waals surface area contributed by atoms with Gasteiger partial charge in [0.1, 0.15) is 28.5 Å². The molecule has 0 saturated carbocycles. The number of carbonyl (C=O) groups is 1. The number of thiophene rings is 1. The Hall–Kier alpha value is -2.61. The highest BCUT2D eigenvalue weighted by molar-refractivity contribution is 9.10. The van der Waals surface area contributed by atoms with Gasteiger partial charge in [0.15, 0.2) is 0 Å². The number of carbonyl (C=O) groups excluding carboxylic acids is 1. The largest absolute Gasteiger partial charge is 0.496 e. The van der Waals surface area contributed by atoms with Crippen LogP contribution in [0.3, 0.4) is 0 Å². The number of amides is 1. The molecule has 27 heavy (non-hydrogen) atoms. The first-order valence-corrected chi connectivity index (χ1v) is 9.99. The van der Waals surface area contributed by atoms with E-state index in [4.69, 9.17) is 4.74 Å². The van der Waals surface area contributed by atoms with E-state index in [2.05, 4.69) is 27.3 Å². The predicted molar refractivity (Wildman–Crippen MR) is 109 cm³/mol. The second-order valence-corrected chi connectivity index (χ2v) is 8.06. The highest BCUT2D eigenvalue weighted by atomic mass is 79.9. The number of halogens is 1. The van der Waals surface area contributed by atoms with Gasteiger partial charge in [-0.2, -0.15) is 10.5 Å². The second-order valence-electron chi connectivity index (χ2n) is 6.04. The summed E-state index contributed by atoms with van der Waals surface area (Å²) in [6.07, 6.45) is 5.43. The van der Waals surface area contributed by atoms with Crippen molar-refractivity contribution in [1.82, 2.24) is 0 Å². The monoisotopic (exact) mass is 441 g/mol. The number of hydrogen-bond acceptors (Lipinski definition) is 5. The summed E-state index contributed by atoms with van der Waals surface area (Å²) in [5, 5.41) is 22.3. The number of ether oxygens (including phenoxy) is 1. The van der Waals surface area contributed by atoms with Crippen LogP contribution in [0.2, 0.25) is 0 Å². The van der Waals surface area contributed by atoms with Crippen LogP contribution in [0.25, 0.3) is 6.08 Å². The van der Waals surface area contributed by atoms with Crippen molar-refractivity contribution in [2.24, 2.45) is 0 Å². The summed E-state index contributed by atoms with van der Waals surface area (Å²) >= 11 is 4.81. The third-order valence-corrected chi connectivity index (χ3v) is 6.07. The third kappa shape index (κ3) is 4.05. The summed E-state index contributed by atoms with van der Waals surface area (Å²) in [7, 11) is 1.53. The van der Waals surface area contributed by atoms with Gasteiger partial charge < -0.3 is 10.1 Å². The summed E-state index contributed by atoms with van der Waals surface area (Å²) in [5.74, 6) is 0.0256. The second kappa shape index (κ2) is 8.39. The Bertz CT molecular complexity index is 1010. The van der Waals surface area contributed by atoms with E-state index in [0.29, 0.717) is 21.9 Å². The Balaban J connectivity index is 1.92. The van der Waals surface area contributed by atoms with Crippen LogP contribution in [-0.2, 0) is 17.6 Å². The Kier molecular flexibility index (Phi) is 5.95. The molecule has 0 atom stereocenters. The number of fused-ring (bicyclic) bond motifs is 1. The molecule has 136 valence electrons. The van der Waals surface area contributed by atoms with Crippen molar-refractivity contribution in [3.8, 4) is 17.9 Å². The summed E-state index contributed by atoms with van der Waals surface area (Å²) in [6.45, 7) is 0. The van der Waals surface area contributed by atoms with E-state index < -0.39 is 5.91 Å². The number of benzene rings is 1. The minimum atomic E-state index is -0.533. The molecule has 1 aliphatic carbocycles. The van der Waals surface area contributed by atoms with Gasteiger partial charge in [-0.25, -0.2) is 0 Å². The fraction of sp³-hybridized carbons (Fsp3) is 0.250. The molecule has 1 aliphatic rings. The first-order chi connectivity index (χ1) is 13.1. The van der Waals surface area contributed by atoms with Crippen LogP contribution >= 0.6 is 27.3 Å². The van der Waals surface area contributed by atoms with E-state index >= 15 is 0 Å². The highest BCUT2D eigenvalue weighted by Crippen LogP contribution is 2.37. The standard InChI is InChI=1S/C20H16BrN3O2S/c1-26-17-7-6-14(21)9-12(17)8-13(10-22)19(25)24-20-16(11-23)15-4-2-3-5-18(15)27-20/h6-9H,2-5H2,1H3,(H,24,25). The average molecular weight is 442 g/mol. The van der Waals surface area contributed by atoms with Crippen molar-refractivity contribution in [1.29, 1.82) is 10.5 Å². The molecule has 3 rings (SSSR count). The van der Waals surface area contributed by atoms with Crippen molar-refractivity contribution in [3.05, 3.63) is 49.8 Å². The molecule has 0 bridgehead atoms. The number of nitrogens with zero attached hydrogens (tertiary/aromatic N) is 2. The molecule has 0 fully saturated rings. The molecule has 1 amide bonds. The molecule has 2 aromatic rings. The lowest BCUT2D eigenvalue weighted by atomic mass is 9.96. The average Bonchev–Trinajstić information content (AvgIpc) is 3.02. The fourth-order valence-electron chi connectivity index (χ4n) is 3.06. The molecule has 1 N–H and O–H groups in total. The van der Waals surface area contributed by atoms with Crippen LogP contribution < -0.4 is 10.1 Å². The molecule has 0 radical (unpaired) electrons. The lowest BCUT2D eigenvalue weighted by Crippen LogP contribution is -2.13. The number of nitriles is 2. The highest BCUT2D eigenvalue weighted by Gasteiger charge is 2.22. The normalized spacial score (nSPS) is 13.3. The van der Waals surface area contributed by atoms with Gasteiger partial charge in [0.05, 0.1) is 12.7 Å². The molecule has 1 aromatic carbocycles. The number of hydrogen-bond donors (Lipinski definition) is 1. The van der Waals surface area contributed by atoms with Gasteiger partial charge in [-0.1, -0.05) is 15.9 Å². The Morgan fingerprint density at radius 1 is 1.33 bits per heavy atom. The molecule has 7 heteroatoms. The molecular weight excluding hydrogens is 426 g/mol. The van der Waals surface area contributed by atoms with Gasteiger partial charge in [0, 0.05) is 14.9 Å². The van der Waals surface area contributed by atoms with Crippen molar-refractivity contribution >= 4 is 44.3 Å². The molecule has 0 aliphatic heterocycles. The van der Waals surface area contributed by atoms with E-state index in [9.17, 15) is 15.3 Å². The number of anilines is 1. The van der Waals surface area contributed by atoms with Crippen molar-refractivity contribution < 1.29 is 9.53 Å². The van der Waals surface area contributed by atoms with Gasteiger partial charge in [-0.05, 0) is 55.5 Å². The fourth-order valence-corrected chi connectivity index (χ4v) is 4.68. The first kappa shape index (κ1) is 19.2. The minimum Gasteiger partial charge on any atom is -0.496 e. The molecule has 0 spiro atoms. The zero-order valence-corrected chi connectivity index (χ0v) is 17.0. The van der Waals surface area contributed by atoms with E-state index in [-0.39, 0.29) is 5.57 Å². The summed E-state index contributed by atoms with van der Waals surface area (Å²) in [5.41, 5.74) is 2.13. The van der Waals surface area contributed by atoms with Crippen molar-refractivity contribution in [3.63, 3.8) is 0 Å². The zero-order chi connectivity index (χ0) is 19.4. The molecular formula is C20H16BrN3O2S. The zero-order valence-electron chi connectivity index (χ0n) is 14.6. The number of methoxy groups -OCH3 is 1. The van der Waals surface area contributed by atoms with Crippen LogP contribution in [0.1, 0.15) is 34.4 Å². The van der Waals surface area contributed by atoms with Crippen LogP contribution in [0.15, 0.2) is 28.2 Å². The van der Waals surface area contributed by atoms with Crippen molar-refractivity contribution in [2.75, 3.05) is 12.4 Å². The third-order valence-electron chi connectivity index (χ3n) is 4.37. The Morgan fingerprint density at radius 3 is 2.81 bits per heavy atom. The van der Waals surface area contributed by atoms with Crippen LogP contribution in [0.5, 0.6) is 5.75 Å².